The molecule has 3 heterocycles. The highest BCUT2D eigenvalue weighted by Crippen LogP contribution is 2.38. The number of ether oxygens (including phenoxy) is 2. The average Bonchev–Trinajstić information content (AvgIpc) is 3.72. The summed E-state index contributed by atoms with van der Waals surface area (Å²) in [6.07, 6.45) is 2.14. The molecule has 2 amide bonds. The number of esters is 2. The fourth-order valence-electron chi connectivity index (χ4n) is 5.00. The minimum atomic E-state index is -0.582. The Morgan fingerprint density at radius 3 is 2.70 bits per heavy atom. The Bertz CT molecular complexity index is 1700. The first-order valence-corrected chi connectivity index (χ1v) is 15.8. The molecular formula is C30H27Cl2N3O6S2. The summed E-state index contributed by atoms with van der Waals surface area (Å²) >= 11 is 16.0. The molecule has 0 unspecified atom stereocenters. The van der Waals surface area contributed by atoms with Crippen LogP contribution in [-0.2, 0) is 36.7 Å². The maximum absolute atomic E-state index is 13.6. The summed E-state index contributed by atoms with van der Waals surface area (Å²) in [4.78, 5) is 57.1. The summed E-state index contributed by atoms with van der Waals surface area (Å²) in [7, 11) is 1.34. The van der Waals surface area contributed by atoms with Crippen molar-refractivity contribution in [3.8, 4) is 0 Å². The average molecular weight is 661 g/mol. The molecule has 1 fully saturated rings. The summed E-state index contributed by atoms with van der Waals surface area (Å²) in [6, 6.07) is 10.2. The predicted molar refractivity (Wildman–Crippen MR) is 167 cm³/mol. The molecule has 1 N–H and O–H groups in total. The van der Waals surface area contributed by atoms with E-state index in [-0.39, 0.29) is 40.7 Å². The summed E-state index contributed by atoms with van der Waals surface area (Å²) in [6.45, 7) is 1.68. The zero-order valence-electron chi connectivity index (χ0n) is 23.2. The highest BCUT2D eigenvalue weighted by molar-refractivity contribution is 7.17. The van der Waals surface area contributed by atoms with E-state index in [0.29, 0.717) is 41.2 Å². The molecule has 0 bridgehead atoms. The number of likely N-dealkylation sites (tertiary alicyclic amines) is 1. The number of halogens is 2. The largest absolute Gasteiger partial charge is 0.469 e. The smallest absolute Gasteiger partial charge is 0.305 e. The van der Waals surface area contributed by atoms with Crippen LogP contribution in [0, 0.1) is 0 Å². The zero-order chi connectivity index (χ0) is 30.7. The second-order valence-electron chi connectivity index (χ2n) is 9.91. The van der Waals surface area contributed by atoms with Gasteiger partial charge in [0.2, 0.25) is 5.91 Å². The molecule has 2 atom stereocenters. The van der Waals surface area contributed by atoms with Crippen molar-refractivity contribution >= 4 is 85.4 Å². The molecule has 1 saturated heterocycles. The van der Waals surface area contributed by atoms with Crippen molar-refractivity contribution in [1.29, 1.82) is 0 Å². The number of aromatic nitrogens is 1. The molecule has 0 radical (unpaired) electrons. The van der Waals surface area contributed by atoms with Crippen LogP contribution in [0.3, 0.4) is 0 Å². The Morgan fingerprint density at radius 1 is 1.14 bits per heavy atom. The quantitative estimate of drug-likeness (QED) is 0.205. The Labute approximate surface area is 265 Å². The third-order valence-corrected chi connectivity index (χ3v) is 9.82. The molecule has 0 spiro atoms. The minimum absolute atomic E-state index is 0.0637. The number of hydrogen-bond donors (Lipinski definition) is 1. The standard InChI is InChI=1S/C30H27Cl2N3O6S2/c1-16(36)41-24-9-10-35(28(24)30-33-14-18(43-30)7-8-27(38)40-2)26(37)12-17-11-22(32)23(13-21(17)31)34-29(39)20-15-42-25-6-4-3-5-19(20)25/h3-6,11,13-15,24,28H,7-10,12H2,1-2H3,(H,34,39)/t24-,28-/m0/s1. The maximum Gasteiger partial charge on any atom is 0.305 e. The third-order valence-electron chi connectivity index (χ3n) is 7.06. The van der Waals surface area contributed by atoms with Gasteiger partial charge in [-0.1, -0.05) is 41.4 Å². The molecule has 13 heteroatoms. The SMILES string of the molecule is COC(=O)CCc1cnc([C@@H]2[C@@H](OC(C)=O)CCN2C(=O)Cc2cc(Cl)c(NC(=O)c3csc4ccccc34)cc2Cl)s1. The minimum Gasteiger partial charge on any atom is -0.469 e. The molecule has 2 aromatic heterocycles. The Balaban J connectivity index is 1.32. The Hall–Kier alpha value is -3.51. The number of benzene rings is 2. The molecule has 9 nitrogen and oxygen atoms in total. The molecule has 5 rings (SSSR count). The van der Waals surface area contributed by atoms with Crippen molar-refractivity contribution in [2.24, 2.45) is 0 Å². The van der Waals surface area contributed by atoms with Gasteiger partial charge in [-0.2, -0.15) is 0 Å². The van der Waals surface area contributed by atoms with Gasteiger partial charge in [0.25, 0.3) is 5.91 Å². The van der Waals surface area contributed by atoms with E-state index in [1.165, 1.54) is 42.8 Å². The van der Waals surface area contributed by atoms with E-state index in [1.807, 2.05) is 24.3 Å². The number of hydrogen-bond acceptors (Lipinski definition) is 9. The number of nitrogens with one attached hydrogen (secondary N) is 1. The fraction of sp³-hybridized carbons (Fsp3) is 0.300. The summed E-state index contributed by atoms with van der Waals surface area (Å²) in [5.41, 5.74) is 1.35. The first-order chi connectivity index (χ1) is 20.6. The van der Waals surface area contributed by atoms with Crippen LogP contribution in [0.15, 0.2) is 48.0 Å². The highest BCUT2D eigenvalue weighted by atomic mass is 35.5. The number of carbonyl (C=O) groups excluding carboxylic acids is 4. The van der Waals surface area contributed by atoms with Gasteiger partial charge in [-0.15, -0.1) is 22.7 Å². The second-order valence-corrected chi connectivity index (χ2v) is 12.8. The molecule has 1 aliphatic rings. The molecule has 4 aromatic rings. The van der Waals surface area contributed by atoms with Crippen LogP contribution in [0.1, 0.15) is 51.6 Å². The molecule has 0 saturated carbocycles. The van der Waals surface area contributed by atoms with Crippen LogP contribution in [-0.4, -0.2) is 53.4 Å². The molecular weight excluding hydrogens is 633 g/mol. The summed E-state index contributed by atoms with van der Waals surface area (Å²) < 4.78 is 11.3. The lowest BCUT2D eigenvalue weighted by molar-refractivity contribution is -0.149. The van der Waals surface area contributed by atoms with Crippen LogP contribution in [0.25, 0.3) is 10.1 Å². The lowest BCUT2D eigenvalue weighted by atomic mass is 10.1. The van der Waals surface area contributed by atoms with E-state index >= 15 is 0 Å². The highest BCUT2D eigenvalue weighted by Gasteiger charge is 2.42. The lowest BCUT2D eigenvalue weighted by Crippen LogP contribution is -2.35. The van der Waals surface area contributed by atoms with Gasteiger partial charge >= 0.3 is 11.9 Å². The number of anilines is 1. The number of carbonyl (C=O) groups is 4. The van der Waals surface area contributed by atoms with Gasteiger partial charge in [0.15, 0.2) is 0 Å². The number of nitrogens with zero attached hydrogens (tertiary/aromatic N) is 2. The van der Waals surface area contributed by atoms with E-state index in [1.54, 1.807) is 22.5 Å². The van der Waals surface area contributed by atoms with Crippen LogP contribution in [0.4, 0.5) is 5.69 Å². The van der Waals surface area contributed by atoms with Gasteiger partial charge in [0, 0.05) is 51.5 Å². The second kappa shape index (κ2) is 13.4. The van der Waals surface area contributed by atoms with Crippen molar-refractivity contribution < 1.29 is 28.7 Å². The Kier molecular flexibility index (Phi) is 9.65. The van der Waals surface area contributed by atoms with Gasteiger partial charge in [-0.3, -0.25) is 19.2 Å². The van der Waals surface area contributed by atoms with Gasteiger partial charge in [-0.25, -0.2) is 4.98 Å². The van der Waals surface area contributed by atoms with Crippen molar-refractivity contribution in [2.45, 2.75) is 44.8 Å². The van der Waals surface area contributed by atoms with E-state index < -0.39 is 18.1 Å². The lowest BCUT2D eigenvalue weighted by Gasteiger charge is -2.26. The number of fused-ring (bicyclic) bond motifs is 1. The number of aryl methyl sites for hydroxylation is 1. The van der Waals surface area contributed by atoms with Crippen LogP contribution < -0.4 is 5.32 Å². The van der Waals surface area contributed by atoms with Crippen molar-refractivity contribution in [1.82, 2.24) is 9.88 Å². The first-order valence-electron chi connectivity index (χ1n) is 13.4. The molecule has 43 heavy (non-hydrogen) atoms. The predicted octanol–water partition coefficient (Wildman–Crippen LogP) is 6.47. The number of rotatable bonds is 9. The molecule has 2 aromatic carbocycles. The van der Waals surface area contributed by atoms with Crippen LogP contribution >= 0.6 is 45.9 Å². The van der Waals surface area contributed by atoms with E-state index in [9.17, 15) is 19.2 Å². The number of methoxy groups -OCH3 is 1. The number of thiazole rings is 1. The monoisotopic (exact) mass is 659 g/mol. The molecule has 0 aliphatic carbocycles. The summed E-state index contributed by atoms with van der Waals surface area (Å²) in [5.74, 6) is -1.34. The van der Waals surface area contributed by atoms with Crippen LogP contribution in [0.2, 0.25) is 10.0 Å². The molecule has 1 aliphatic heterocycles. The van der Waals surface area contributed by atoms with E-state index in [2.05, 4.69) is 10.3 Å². The topological polar surface area (TPSA) is 115 Å². The Morgan fingerprint density at radius 2 is 1.93 bits per heavy atom. The van der Waals surface area contributed by atoms with Gasteiger partial charge in [0.05, 0.1) is 36.2 Å². The van der Waals surface area contributed by atoms with Crippen molar-refractivity contribution in [3.63, 3.8) is 0 Å². The molecule has 224 valence electrons. The van der Waals surface area contributed by atoms with Crippen molar-refractivity contribution in [3.05, 3.63) is 79.0 Å². The zero-order valence-corrected chi connectivity index (χ0v) is 26.4. The van der Waals surface area contributed by atoms with E-state index in [0.717, 1.165) is 15.0 Å². The van der Waals surface area contributed by atoms with Gasteiger partial charge in [0.1, 0.15) is 17.2 Å². The third kappa shape index (κ3) is 7.01. The maximum atomic E-state index is 13.6. The normalized spacial score (nSPS) is 16.3. The first kappa shape index (κ1) is 30.9. The number of amides is 2. The van der Waals surface area contributed by atoms with Crippen molar-refractivity contribution in [2.75, 3.05) is 19.0 Å². The van der Waals surface area contributed by atoms with Gasteiger partial charge < -0.3 is 19.7 Å². The van der Waals surface area contributed by atoms with Crippen LogP contribution in [0.5, 0.6) is 0 Å². The fourth-order valence-corrected chi connectivity index (χ4v) is 7.49. The van der Waals surface area contributed by atoms with Gasteiger partial charge in [-0.05, 0) is 30.2 Å². The van der Waals surface area contributed by atoms with E-state index in [4.69, 9.17) is 32.7 Å². The summed E-state index contributed by atoms with van der Waals surface area (Å²) in [5, 5.41) is 6.59. The number of thiophene rings is 1.